The van der Waals surface area contributed by atoms with Gasteiger partial charge >= 0.3 is 0 Å². The van der Waals surface area contributed by atoms with E-state index in [0.717, 1.165) is 38.5 Å². The predicted octanol–water partition coefficient (Wildman–Crippen LogP) is 10.3. The summed E-state index contributed by atoms with van der Waals surface area (Å²) in [7, 11) is 0. The number of hydrogen-bond donors (Lipinski definition) is 9. The second kappa shape index (κ2) is 45.7. The molecule has 2 heterocycles. The molecule has 2 aliphatic heterocycles. The summed E-state index contributed by atoms with van der Waals surface area (Å²) in [5, 5.41) is 87.1. The van der Waals surface area contributed by atoms with Crippen molar-refractivity contribution in [3.05, 3.63) is 12.2 Å². The summed E-state index contributed by atoms with van der Waals surface area (Å²) in [6, 6.07) is -0.909. The number of carbonyl (C=O) groups is 1. The van der Waals surface area contributed by atoms with Crippen molar-refractivity contribution in [1.82, 2.24) is 5.32 Å². The fourth-order valence-electron chi connectivity index (χ4n) is 10.3. The first kappa shape index (κ1) is 67.8. The molecule has 73 heavy (non-hydrogen) atoms. The number of aliphatic hydroxyl groups excluding tert-OH is 8. The van der Waals surface area contributed by atoms with E-state index in [1.54, 1.807) is 6.08 Å². The summed E-state index contributed by atoms with van der Waals surface area (Å²) in [4.78, 5) is 13.3. The lowest BCUT2D eigenvalue weighted by molar-refractivity contribution is -0.359. The second-order valence-corrected chi connectivity index (χ2v) is 21.8. The van der Waals surface area contributed by atoms with Crippen LogP contribution in [-0.4, -0.2) is 140 Å². The van der Waals surface area contributed by atoms with Gasteiger partial charge in [0.15, 0.2) is 12.6 Å². The number of amides is 1. The summed E-state index contributed by atoms with van der Waals surface area (Å²) in [5.74, 6) is -0.233. The number of nitrogens with one attached hydrogen (secondary N) is 1. The Labute approximate surface area is 444 Å². The Morgan fingerprint density at radius 2 is 0.849 bits per heavy atom. The predicted molar refractivity (Wildman–Crippen MR) is 291 cm³/mol. The van der Waals surface area contributed by atoms with Gasteiger partial charge in [-0.05, 0) is 19.3 Å². The molecule has 9 N–H and O–H groups in total. The van der Waals surface area contributed by atoms with Gasteiger partial charge in [0.05, 0.1) is 32.0 Å². The van der Waals surface area contributed by atoms with Crippen LogP contribution in [0.4, 0.5) is 0 Å². The van der Waals surface area contributed by atoms with Crippen LogP contribution in [-0.2, 0) is 23.7 Å². The van der Waals surface area contributed by atoms with E-state index in [2.05, 4.69) is 19.2 Å². The number of rotatable bonds is 49. The normalized spacial score (nSPS) is 25.4. The molecule has 0 aliphatic carbocycles. The highest BCUT2D eigenvalue weighted by molar-refractivity contribution is 5.76. The van der Waals surface area contributed by atoms with Crippen molar-refractivity contribution in [2.75, 3.05) is 19.8 Å². The molecule has 2 fully saturated rings. The topological polar surface area (TPSA) is 228 Å². The lowest BCUT2D eigenvalue weighted by Crippen LogP contribution is -2.65. The quantitative estimate of drug-likeness (QED) is 0.0204. The molecule has 14 nitrogen and oxygen atoms in total. The Bertz CT molecular complexity index is 1280. The maximum Gasteiger partial charge on any atom is 0.220 e. The molecule has 0 saturated carbocycles. The van der Waals surface area contributed by atoms with E-state index in [1.807, 2.05) is 6.08 Å². The molecule has 2 aliphatic rings. The van der Waals surface area contributed by atoms with Crippen molar-refractivity contribution in [2.45, 2.75) is 338 Å². The minimum Gasteiger partial charge on any atom is -0.394 e. The zero-order valence-corrected chi connectivity index (χ0v) is 46.4. The molecule has 0 radical (unpaired) electrons. The third-order valence-electron chi connectivity index (χ3n) is 15.2. The van der Waals surface area contributed by atoms with E-state index in [0.29, 0.717) is 6.42 Å². The van der Waals surface area contributed by atoms with Crippen molar-refractivity contribution >= 4 is 5.91 Å². The molecule has 2 saturated heterocycles. The highest BCUT2D eigenvalue weighted by atomic mass is 16.7. The lowest BCUT2D eigenvalue weighted by atomic mass is 9.97. The number of unbranched alkanes of at least 4 members (excludes halogenated alkanes) is 36. The first-order chi connectivity index (χ1) is 35.6. The molecular weight excluding hydrogens is 931 g/mol. The van der Waals surface area contributed by atoms with Crippen LogP contribution in [0.15, 0.2) is 12.2 Å². The van der Waals surface area contributed by atoms with Crippen molar-refractivity contribution in [3.8, 4) is 0 Å². The van der Waals surface area contributed by atoms with Crippen LogP contribution >= 0.6 is 0 Å². The van der Waals surface area contributed by atoms with Crippen LogP contribution in [0.5, 0.6) is 0 Å². The van der Waals surface area contributed by atoms with Gasteiger partial charge in [-0.25, -0.2) is 0 Å². The SMILES string of the molecule is CCCCCCCCCCCCCCCCC/C=C/C(O)C(COC1OC(CO)C(OC2OC(CO)C(O)C(O)C2O)C(O)C1O)NC(=O)CCCCCCCCCCCCCCCCCCCCCCCC. The average molecular weight is 1040 g/mol. The van der Waals surface area contributed by atoms with Crippen molar-refractivity contribution < 1.29 is 64.6 Å². The molecule has 0 aromatic carbocycles. The molecule has 14 heteroatoms. The molecule has 2 rings (SSSR count). The Morgan fingerprint density at radius 1 is 0.479 bits per heavy atom. The number of ether oxygens (including phenoxy) is 4. The molecule has 432 valence electrons. The van der Waals surface area contributed by atoms with Gasteiger partial charge in [-0.15, -0.1) is 0 Å². The first-order valence-corrected chi connectivity index (χ1v) is 30.4. The molecular formula is C59H113NO13. The van der Waals surface area contributed by atoms with E-state index in [4.69, 9.17) is 18.9 Å². The van der Waals surface area contributed by atoms with E-state index in [1.165, 1.54) is 199 Å². The first-order valence-electron chi connectivity index (χ1n) is 30.4. The van der Waals surface area contributed by atoms with Crippen LogP contribution in [0.3, 0.4) is 0 Å². The fraction of sp³-hybridized carbons (Fsp3) is 0.949. The maximum atomic E-state index is 13.3. The van der Waals surface area contributed by atoms with Crippen LogP contribution in [0.1, 0.15) is 264 Å². The number of allylic oxidation sites excluding steroid dienone is 1. The number of hydrogen-bond acceptors (Lipinski definition) is 13. The Kier molecular flexibility index (Phi) is 42.5. The maximum absolute atomic E-state index is 13.3. The largest absolute Gasteiger partial charge is 0.394 e. The lowest BCUT2D eigenvalue weighted by Gasteiger charge is -2.46. The van der Waals surface area contributed by atoms with Crippen LogP contribution in [0, 0.1) is 0 Å². The van der Waals surface area contributed by atoms with E-state index in [9.17, 15) is 45.6 Å². The van der Waals surface area contributed by atoms with Crippen molar-refractivity contribution in [2.24, 2.45) is 0 Å². The minimum atomic E-state index is -1.79. The molecule has 0 aromatic rings. The third-order valence-corrected chi connectivity index (χ3v) is 15.2. The van der Waals surface area contributed by atoms with Crippen LogP contribution in [0.2, 0.25) is 0 Å². The van der Waals surface area contributed by atoms with Gasteiger partial charge in [0, 0.05) is 6.42 Å². The summed E-state index contributed by atoms with van der Waals surface area (Å²) >= 11 is 0. The molecule has 12 atom stereocenters. The summed E-state index contributed by atoms with van der Waals surface area (Å²) in [6.45, 7) is 2.83. The smallest absolute Gasteiger partial charge is 0.220 e. The highest BCUT2D eigenvalue weighted by Crippen LogP contribution is 2.30. The van der Waals surface area contributed by atoms with Gasteiger partial charge in [0.1, 0.15) is 48.8 Å². The second-order valence-electron chi connectivity index (χ2n) is 21.8. The monoisotopic (exact) mass is 1040 g/mol. The van der Waals surface area contributed by atoms with Gasteiger partial charge in [-0.3, -0.25) is 4.79 Å². The molecule has 0 aromatic heterocycles. The summed E-state index contributed by atoms with van der Waals surface area (Å²) < 4.78 is 22.8. The van der Waals surface area contributed by atoms with E-state index in [-0.39, 0.29) is 18.9 Å². The zero-order valence-electron chi connectivity index (χ0n) is 46.4. The summed E-state index contributed by atoms with van der Waals surface area (Å²) in [5.41, 5.74) is 0. The van der Waals surface area contributed by atoms with Crippen LogP contribution < -0.4 is 5.32 Å². The van der Waals surface area contributed by atoms with Gasteiger partial charge in [-0.2, -0.15) is 0 Å². The molecule has 1 amide bonds. The third kappa shape index (κ3) is 31.7. The zero-order chi connectivity index (χ0) is 53.2. The van der Waals surface area contributed by atoms with Crippen LogP contribution in [0.25, 0.3) is 0 Å². The number of aliphatic hydroxyl groups is 8. The van der Waals surface area contributed by atoms with E-state index < -0.39 is 86.8 Å². The van der Waals surface area contributed by atoms with E-state index >= 15 is 0 Å². The standard InChI is InChI=1S/C59H113NO13/c1-3-5-7-9-11-13-15-17-19-21-22-23-24-25-27-29-31-33-35-37-39-41-43-51(64)60-47(48(63)42-40-38-36-34-32-30-28-26-20-18-16-14-12-10-8-6-4-2)46-70-58-56(69)54(67)57(50(45-62)72-58)73-59-55(68)53(66)52(65)49(44-61)71-59/h40,42,47-50,52-59,61-63,65-69H,3-39,41,43-46H2,1-2H3,(H,60,64)/b42-40+. The molecule has 0 bridgehead atoms. The Morgan fingerprint density at radius 3 is 1.26 bits per heavy atom. The fourth-order valence-corrected chi connectivity index (χ4v) is 10.3. The van der Waals surface area contributed by atoms with Gasteiger partial charge in [0.25, 0.3) is 0 Å². The molecule has 12 unspecified atom stereocenters. The van der Waals surface area contributed by atoms with Gasteiger partial charge in [0.2, 0.25) is 5.91 Å². The summed E-state index contributed by atoms with van der Waals surface area (Å²) in [6.07, 6.45) is 35.3. The van der Waals surface area contributed by atoms with Crippen molar-refractivity contribution in [1.29, 1.82) is 0 Å². The highest BCUT2D eigenvalue weighted by Gasteiger charge is 2.51. The average Bonchev–Trinajstić information content (AvgIpc) is 3.39. The Balaban J connectivity index is 1.75. The minimum absolute atomic E-state index is 0.233. The number of carbonyl (C=O) groups excluding carboxylic acids is 1. The Hall–Kier alpha value is -1.27. The van der Waals surface area contributed by atoms with Gasteiger partial charge in [-0.1, -0.05) is 251 Å². The van der Waals surface area contributed by atoms with Gasteiger partial charge < -0.3 is 65.1 Å². The van der Waals surface area contributed by atoms with Crippen molar-refractivity contribution in [3.63, 3.8) is 0 Å². The molecule has 0 spiro atoms.